The van der Waals surface area contributed by atoms with E-state index in [0.29, 0.717) is 21.6 Å². The second-order valence-electron chi connectivity index (χ2n) is 6.58. The minimum atomic E-state index is -1.10. The second-order valence-corrected chi connectivity index (χ2v) is 7.43. The number of hydrogen-bond acceptors (Lipinski definition) is 4. The van der Waals surface area contributed by atoms with Crippen LogP contribution in [-0.4, -0.2) is 20.6 Å². The first-order valence-corrected chi connectivity index (χ1v) is 8.56. The number of halogens is 1. The molecule has 2 heterocycles. The van der Waals surface area contributed by atoms with Crippen LogP contribution in [-0.2, 0) is 11.3 Å². The number of rotatable bonds is 4. The summed E-state index contributed by atoms with van der Waals surface area (Å²) in [6.07, 6.45) is 0. The lowest BCUT2D eigenvalue weighted by atomic mass is 9.93. The van der Waals surface area contributed by atoms with Gasteiger partial charge in [0.25, 0.3) is 5.56 Å². The Labute approximate surface area is 147 Å². The number of aromatic nitrogens is 2. The van der Waals surface area contributed by atoms with Crippen molar-refractivity contribution in [2.24, 2.45) is 5.41 Å². The standard InChI is InChI=1S/C18H17FN2O3S/c1-10-20-15-14(16(22)21(10)9-18(2,3)17(23)24)13(8-25-15)11-4-6-12(19)7-5-11/h4-8H,9H2,1-3H3,(H,23,24). The van der Waals surface area contributed by atoms with Crippen molar-refractivity contribution in [2.75, 3.05) is 0 Å². The number of aryl methyl sites for hydroxylation is 1. The summed E-state index contributed by atoms with van der Waals surface area (Å²) in [4.78, 5) is 29.5. The van der Waals surface area contributed by atoms with Crippen LogP contribution in [0.2, 0.25) is 0 Å². The Morgan fingerprint density at radius 1 is 1.32 bits per heavy atom. The summed E-state index contributed by atoms with van der Waals surface area (Å²) in [5, 5.41) is 11.6. The number of thiophene rings is 1. The predicted octanol–water partition coefficient (Wildman–Crippen LogP) is 3.68. The number of benzene rings is 1. The number of aliphatic carboxylic acids is 1. The van der Waals surface area contributed by atoms with Crippen molar-refractivity contribution in [3.05, 3.63) is 51.6 Å². The average Bonchev–Trinajstić information content (AvgIpc) is 2.96. The molecule has 0 spiro atoms. The lowest BCUT2D eigenvalue weighted by molar-refractivity contribution is -0.147. The van der Waals surface area contributed by atoms with Crippen molar-refractivity contribution in [2.45, 2.75) is 27.3 Å². The molecular formula is C18H17FN2O3S. The van der Waals surface area contributed by atoms with E-state index in [9.17, 15) is 19.1 Å². The van der Waals surface area contributed by atoms with Crippen molar-refractivity contribution in [1.29, 1.82) is 0 Å². The van der Waals surface area contributed by atoms with E-state index in [1.54, 1.807) is 32.9 Å². The molecule has 3 rings (SSSR count). The maximum atomic E-state index is 13.2. The van der Waals surface area contributed by atoms with Crippen LogP contribution >= 0.6 is 11.3 Å². The topological polar surface area (TPSA) is 72.2 Å². The quantitative estimate of drug-likeness (QED) is 0.770. The second kappa shape index (κ2) is 6.07. The van der Waals surface area contributed by atoms with E-state index in [1.165, 1.54) is 28.0 Å². The molecule has 0 bridgehead atoms. The number of nitrogens with zero attached hydrogens (tertiary/aromatic N) is 2. The van der Waals surface area contributed by atoms with Gasteiger partial charge in [-0.05, 0) is 38.5 Å². The Morgan fingerprint density at radius 3 is 2.56 bits per heavy atom. The van der Waals surface area contributed by atoms with Gasteiger partial charge in [-0.1, -0.05) is 12.1 Å². The molecule has 0 radical (unpaired) electrons. The molecule has 0 aliphatic heterocycles. The summed E-state index contributed by atoms with van der Waals surface area (Å²) in [5.74, 6) is -0.861. The van der Waals surface area contributed by atoms with Crippen LogP contribution in [0.3, 0.4) is 0 Å². The third-order valence-corrected chi connectivity index (χ3v) is 5.04. The smallest absolute Gasteiger partial charge is 0.310 e. The van der Waals surface area contributed by atoms with E-state index < -0.39 is 11.4 Å². The SMILES string of the molecule is Cc1nc2scc(-c3ccc(F)cc3)c2c(=O)n1CC(C)(C)C(=O)O. The van der Waals surface area contributed by atoms with E-state index in [1.807, 2.05) is 5.38 Å². The molecule has 7 heteroatoms. The molecule has 0 saturated heterocycles. The predicted molar refractivity (Wildman–Crippen MR) is 95.4 cm³/mol. The van der Waals surface area contributed by atoms with E-state index in [-0.39, 0.29) is 17.9 Å². The molecule has 0 fully saturated rings. The van der Waals surface area contributed by atoms with Gasteiger partial charge in [0, 0.05) is 17.5 Å². The van der Waals surface area contributed by atoms with Gasteiger partial charge in [0.05, 0.1) is 10.8 Å². The van der Waals surface area contributed by atoms with E-state index in [2.05, 4.69) is 4.98 Å². The number of hydrogen-bond donors (Lipinski definition) is 1. The summed E-state index contributed by atoms with van der Waals surface area (Å²) in [6.45, 7) is 4.85. The largest absolute Gasteiger partial charge is 0.481 e. The van der Waals surface area contributed by atoms with Crippen molar-refractivity contribution >= 4 is 27.5 Å². The van der Waals surface area contributed by atoms with Gasteiger partial charge in [0.2, 0.25) is 0 Å². The highest BCUT2D eigenvalue weighted by atomic mass is 32.1. The molecule has 0 unspecified atom stereocenters. The zero-order valence-corrected chi connectivity index (χ0v) is 14.9. The number of carbonyl (C=O) groups is 1. The minimum Gasteiger partial charge on any atom is -0.481 e. The monoisotopic (exact) mass is 360 g/mol. The van der Waals surface area contributed by atoms with Crippen LogP contribution in [0, 0.1) is 18.2 Å². The lowest BCUT2D eigenvalue weighted by Gasteiger charge is -2.21. The van der Waals surface area contributed by atoms with Crippen LogP contribution in [0.5, 0.6) is 0 Å². The van der Waals surface area contributed by atoms with Crippen molar-refractivity contribution in [3.63, 3.8) is 0 Å². The summed E-state index contributed by atoms with van der Waals surface area (Å²) >= 11 is 1.34. The summed E-state index contributed by atoms with van der Waals surface area (Å²) in [5.41, 5.74) is 0.0203. The highest BCUT2D eigenvalue weighted by molar-refractivity contribution is 7.17. The fourth-order valence-electron chi connectivity index (χ4n) is 2.62. The summed E-state index contributed by atoms with van der Waals surface area (Å²) in [7, 11) is 0. The maximum absolute atomic E-state index is 13.2. The van der Waals surface area contributed by atoms with Gasteiger partial charge in [-0.15, -0.1) is 11.3 Å². The van der Waals surface area contributed by atoms with Gasteiger partial charge in [-0.3, -0.25) is 14.2 Å². The van der Waals surface area contributed by atoms with Crippen LogP contribution in [0.15, 0.2) is 34.4 Å². The van der Waals surface area contributed by atoms with E-state index >= 15 is 0 Å². The highest BCUT2D eigenvalue weighted by Crippen LogP contribution is 2.31. The molecule has 0 saturated carbocycles. The zero-order chi connectivity index (χ0) is 18.4. The van der Waals surface area contributed by atoms with Gasteiger partial charge in [-0.2, -0.15) is 0 Å². The molecule has 5 nitrogen and oxygen atoms in total. The fourth-order valence-corrected chi connectivity index (χ4v) is 3.60. The molecule has 25 heavy (non-hydrogen) atoms. The molecule has 3 aromatic rings. The zero-order valence-electron chi connectivity index (χ0n) is 14.0. The Morgan fingerprint density at radius 2 is 1.96 bits per heavy atom. The Balaban J connectivity index is 2.21. The molecule has 0 aliphatic rings. The summed E-state index contributed by atoms with van der Waals surface area (Å²) in [6, 6.07) is 5.91. The molecule has 130 valence electrons. The molecule has 1 N–H and O–H groups in total. The first-order chi connectivity index (χ1) is 11.7. The van der Waals surface area contributed by atoms with E-state index in [4.69, 9.17) is 0 Å². The van der Waals surface area contributed by atoms with Gasteiger partial charge in [0.15, 0.2) is 0 Å². The average molecular weight is 360 g/mol. The Hall–Kier alpha value is -2.54. The van der Waals surface area contributed by atoms with E-state index in [0.717, 1.165) is 5.56 Å². The molecule has 1 aromatic carbocycles. The first-order valence-electron chi connectivity index (χ1n) is 7.68. The van der Waals surface area contributed by atoms with Gasteiger partial charge in [0.1, 0.15) is 16.5 Å². The normalized spacial score (nSPS) is 11.8. The van der Waals surface area contributed by atoms with Crippen LogP contribution in [0.4, 0.5) is 4.39 Å². The Kier molecular flexibility index (Phi) is 4.20. The number of carboxylic acids is 1. The lowest BCUT2D eigenvalue weighted by Crippen LogP contribution is -2.35. The fraction of sp³-hybridized carbons (Fsp3) is 0.278. The third kappa shape index (κ3) is 3.07. The first kappa shape index (κ1) is 17.3. The van der Waals surface area contributed by atoms with Crippen LogP contribution in [0.1, 0.15) is 19.7 Å². The Bertz CT molecular complexity index is 1020. The molecule has 0 aliphatic carbocycles. The van der Waals surface area contributed by atoms with Crippen LogP contribution < -0.4 is 5.56 Å². The third-order valence-electron chi connectivity index (χ3n) is 4.17. The number of fused-ring (bicyclic) bond motifs is 1. The molecule has 0 amide bonds. The molecule has 2 aromatic heterocycles. The van der Waals surface area contributed by atoms with Gasteiger partial charge >= 0.3 is 5.97 Å². The van der Waals surface area contributed by atoms with Crippen molar-refractivity contribution < 1.29 is 14.3 Å². The van der Waals surface area contributed by atoms with Crippen molar-refractivity contribution in [1.82, 2.24) is 9.55 Å². The minimum absolute atomic E-state index is 0.0225. The number of carboxylic acid groups (broad SMARTS) is 1. The van der Waals surface area contributed by atoms with Crippen molar-refractivity contribution in [3.8, 4) is 11.1 Å². The molecular weight excluding hydrogens is 343 g/mol. The van der Waals surface area contributed by atoms with Gasteiger partial charge < -0.3 is 5.11 Å². The molecule has 0 atom stereocenters. The highest BCUT2D eigenvalue weighted by Gasteiger charge is 2.29. The maximum Gasteiger partial charge on any atom is 0.310 e. The van der Waals surface area contributed by atoms with Gasteiger partial charge in [-0.25, -0.2) is 9.37 Å². The summed E-state index contributed by atoms with van der Waals surface area (Å²) < 4.78 is 14.6. The van der Waals surface area contributed by atoms with Crippen LogP contribution in [0.25, 0.3) is 21.3 Å².